The molecular formula is C15H18N6O. The van der Waals surface area contributed by atoms with Gasteiger partial charge in [0, 0.05) is 23.7 Å². The highest BCUT2D eigenvalue weighted by atomic mass is 16.3. The van der Waals surface area contributed by atoms with Crippen molar-refractivity contribution in [3.63, 3.8) is 0 Å². The second kappa shape index (κ2) is 5.73. The number of aromatic nitrogens is 3. The van der Waals surface area contributed by atoms with Gasteiger partial charge in [0.15, 0.2) is 5.82 Å². The Morgan fingerprint density at radius 3 is 2.77 bits per heavy atom. The Bertz CT molecular complexity index is 733. The van der Waals surface area contributed by atoms with Crippen molar-refractivity contribution in [3.8, 4) is 6.07 Å². The Hall–Kier alpha value is -2.46. The molecule has 3 rings (SSSR count). The molecule has 0 spiro atoms. The minimum atomic E-state index is -0.226. The lowest BCUT2D eigenvalue weighted by molar-refractivity contribution is 0.0834. The Labute approximate surface area is 128 Å². The number of hydrogen-bond acceptors (Lipinski definition) is 7. The van der Waals surface area contributed by atoms with Crippen LogP contribution in [0.15, 0.2) is 12.3 Å². The lowest BCUT2D eigenvalue weighted by Gasteiger charge is -2.31. The standard InChI is InChI=1S/C15H18N6O/c1-8(2)18-14-13-9(3-11(6-16)19-14)7-17-15(21-13)20-10-4-12(22)5-10/h3,7-8,10,12,22H,4-5H2,1-2H3,(H,18,19)(H,17,20,21)/t10-,12+. The SMILES string of the molecule is CC(C)Nc1nc(C#N)cc2cnc(N[C@H]3C[C@@H](O)C3)nc12. The molecule has 0 bridgehead atoms. The fourth-order valence-electron chi connectivity index (χ4n) is 2.43. The van der Waals surface area contributed by atoms with Crippen molar-refractivity contribution in [1.82, 2.24) is 15.0 Å². The number of aliphatic hydroxyl groups is 1. The van der Waals surface area contributed by atoms with Crippen LogP contribution in [-0.4, -0.2) is 38.2 Å². The number of nitriles is 1. The summed E-state index contributed by atoms with van der Waals surface area (Å²) >= 11 is 0. The Kier molecular flexibility index (Phi) is 3.77. The van der Waals surface area contributed by atoms with Gasteiger partial charge in [-0.25, -0.2) is 15.0 Å². The third-order valence-corrected chi connectivity index (χ3v) is 3.55. The summed E-state index contributed by atoms with van der Waals surface area (Å²) in [4.78, 5) is 13.1. The minimum absolute atomic E-state index is 0.179. The summed E-state index contributed by atoms with van der Waals surface area (Å²) in [6.45, 7) is 4.01. The molecule has 0 aromatic carbocycles. The third-order valence-electron chi connectivity index (χ3n) is 3.55. The topological polar surface area (TPSA) is 107 Å². The predicted molar refractivity (Wildman–Crippen MR) is 83.5 cm³/mol. The van der Waals surface area contributed by atoms with Gasteiger partial charge in [-0.2, -0.15) is 5.26 Å². The van der Waals surface area contributed by atoms with Crippen molar-refractivity contribution in [1.29, 1.82) is 5.26 Å². The minimum Gasteiger partial charge on any atom is -0.393 e. The first-order valence-corrected chi connectivity index (χ1v) is 7.34. The van der Waals surface area contributed by atoms with Crippen molar-refractivity contribution in [2.45, 2.75) is 44.9 Å². The zero-order valence-electron chi connectivity index (χ0n) is 12.5. The fraction of sp³-hybridized carbons (Fsp3) is 0.467. The van der Waals surface area contributed by atoms with Gasteiger partial charge in [0.25, 0.3) is 0 Å². The first kappa shape index (κ1) is 14.5. The summed E-state index contributed by atoms with van der Waals surface area (Å²) in [7, 11) is 0. The summed E-state index contributed by atoms with van der Waals surface area (Å²) in [5.74, 6) is 1.10. The number of fused-ring (bicyclic) bond motifs is 1. The van der Waals surface area contributed by atoms with Crippen LogP contribution in [-0.2, 0) is 0 Å². The quantitative estimate of drug-likeness (QED) is 0.787. The molecule has 2 aromatic heterocycles. The van der Waals surface area contributed by atoms with E-state index in [0.29, 0.717) is 35.8 Å². The molecule has 7 nitrogen and oxygen atoms in total. The molecule has 1 saturated carbocycles. The summed E-state index contributed by atoms with van der Waals surface area (Å²) in [6, 6.07) is 4.12. The summed E-state index contributed by atoms with van der Waals surface area (Å²) in [6.07, 6.45) is 2.89. The molecule has 1 fully saturated rings. The lowest BCUT2D eigenvalue weighted by atomic mass is 9.90. The van der Waals surface area contributed by atoms with Crippen LogP contribution >= 0.6 is 0 Å². The summed E-state index contributed by atoms with van der Waals surface area (Å²) in [5.41, 5.74) is 1.02. The molecule has 7 heteroatoms. The van der Waals surface area contributed by atoms with Crippen LogP contribution < -0.4 is 10.6 Å². The van der Waals surface area contributed by atoms with Crippen LogP contribution in [0, 0.1) is 11.3 Å². The van der Waals surface area contributed by atoms with Crippen molar-refractivity contribution >= 4 is 22.7 Å². The van der Waals surface area contributed by atoms with E-state index in [1.54, 1.807) is 12.3 Å². The number of hydrogen-bond donors (Lipinski definition) is 3. The maximum Gasteiger partial charge on any atom is 0.223 e. The molecule has 3 N–H and O–H groups in total. The van der Waals surface area contributed by atoms with Crippen molar-refractivity contribution in [2.75, 3.05) is 10.6 Å². The van der Waals surface area contributed by atoms with Gasteiger partial charge in [0.2, 0.25) is 5.95 Å². The van der Waals surface area contributed by atoms with E-state index in [9.17, 15) is 5.11 Å². The molecule has 0 unspecified atom stereocenters. The average Bonchev–Trinajstić information content (AvgIpc) is 2.45. The van der Waals surface area contributed by atoms with E-state index in [2.05, 4.69) is 31.7 Å². The average molecular weight is 298 g/mol. The summed E-state index contributed by atoms with van der Waals surface area (Å²) in [5, 5.41) is 25.6. The van der Waals surface area contributed by atoms with Gasteiger partial charge in [0.1, 0.15) is 17.3 Å². The largest absolute Gasteiger partial charge is 0.393 e. The molecule has 1 aliphatic rings. The Morgan fingerprint density at radius 2 is 2.14 bits per heavy atom. The van der Waals surface area contributed by atoms with E-state index in [1.807, 2.05) is 13.8 Å². The molecule has 0 radical (unpaired) electrons. The zero-order chi connectivity index (χ0) is 15.7. The molecule has 22 heavy (non-hydrogen) atoms. The van der Waals surface area contributed by atoms with Crippen LogP contribution in [0.2, 0.25) is 0 Å². The first-order chi connectivity index (χ1) is 10.5. The van der Waals surface area contributed by atoms with Gasteiger partial charge in [0.05, 0.1) is 6.10 Å². The molecular weight excluding hydrogens is 280 g/mol. The second-order valence-electron chi connectivity index (χ2n) is 5.86. The van der Waals surface area contributed by atoms with Gasteiger partial charge in [-0.15, -0.1) is 0 Å². The second-order valence-corrected chi connectivity index (χ2v) is 5.86. The van der Waals surface area contributed by atoms with E-state index in [-0.39, 0.29) is 18.2 Å². The first-order valence-electron chi connectivity index (χ1n) is 7.34. The number of pyridine rings is 1. The number of nitrogens with one attached hydrogen (secondary N) is 2. The highest BCUT2D eigenvalue weighted by Crippen LogP contribution is 2.25. The van der Waals surface area contributed by atoms with Crippen molar-refractivity contribution in [3.05, 3.63) is 18.0 Å². The molecule has 2 aromatic rings. The number of aliphatic hydroxyl groups excluding tert-OH is 1. The van der Waals surface area contributed by atoms with Gasteiger partial charge in [-0.05, 0) is 32.8 Å². The van der Waals surface area contributed by atoms with E-state index in [0.717, 1.165) is 5.39 Å². The maximum atomic E-state index is 9.34. The molecule has 1 aliphatic carbocycles. The summed E-state index contributed by atoms with van der Waals surface area (Å²) < 4.78 is 0. The normalized spacial score (nSPS) is 20.5. The van der Waals surface area contributed by atoms with Crippen LogP contribution in [0.3, 0.4) is 0 Å². The molecule has 0 atom stereocenters. The highest BCUT2D eigenvalue weighted by Gasteiger charge is 2.27. The maximum absolute atomic E-state index is 9.34. The molecule has 2 heterocycles. The van der Waals surface area contributed by atoms with Gasteiger partial charge in [-0.1, -0.05) is 0 Å². The Balaban J connectivity index is 1.96. The Morgan fingerprint density at radius 1 is 1.36 bits per heavy atom. The van der Waals surface area contributed by atoms with E-state index < -0.39 is 0 Å². The number of rotatable bonds is 4. The predicted octanol–water partition coefficient (Wildman–Crippen LogP) is 1.65. The monoisotopic (exact) mass is 298 g/mol. The molecule has 0 amide bonds. The van der Waals surface area contributed by atoms with E-state index in [4.69, 9.17) is 5.26 Å². The highest BCUT2D eigenvalue weighted by molar-refractivity contribution is 5.89. The van der Waals surface area contributed by atoms with Crippen molar-refractivity contribution in [2.24, 2.45) is 0 Å². The molecule has 0 aliphatic heterocycles. The number of anilines is 2. The van der Waals surface area contributed by atoms with Gasteiger partial charge < -0.3 is 15.7 Å². The molecule has 114 valence electrons. The smallest absolute Gasteiger partial charge is 0.223 e. The fourth-order valence-corrected chi connectivity index (χ4v) is 2.43. The zero-order valence-corrected chi connectivity index (χ0v) is 12.5. The lowest BCUT2D eigenvalue weighted by Crippen LogP contribution is -2.39. The van der Waals surface area contributed by atoms with Crippen molar-refractivity contribution < 1.29 is 5.11 Å². The number of nitrogens with zero attached hydrogens (tertiary/aromatic N) is 4. The van der Waals surface area contributed by atoms with Crippen LogP contribution in [0.4, 0.5) is 11.8 Å². The third kappa shape index (κ3) is 2.92. The van der Waals surface area contributed by atoms with E-state index in [1.165, 1.54) is 0 Å². The van der Waals surface area contributed by atoms with Gasteiger partial charge >= 0.3 is 0 Å². The van der Waals surface area contributed by atoms with Crippen LogP contribution in [0.5, 0.6) is 0 Å². The molecule has 0 saturated heterocycles. The van der Waals surface area contributed by atoms with Crippen LogP contribution in [0.25, 0.3) is 10.9 Å². The van der Waals surface area contributed by atoms with E-state index >= 15 is 0 Å². The van der Waals surface area contributed by atoms with Crippen LogP contribution in [0.1, 0.15) is 32.4 Å². The van der Waals surface area contributed by atoms with Gasteiger partial charge in [-0.3, -0.25) is 0 Å².